The molecule has 0 unspecified atom stereocenters. The molecule has 0 aromatic heterocycles. The van der Waals surface area contributed by atoms with Crippen LogP contribution in [0, 0.1) is 0 Å². The molecule has 4 heteroatoms. The molecule has 0 fully saturated rings. The SMILES string of the molecule is COc1cc(OC)cc(-c2ccc(N)cc2N)c1. The van der Waals surface area contributed by atoms with Crippen molar-refractivity contribution in [3.05, 3.63) is 36.4 Å². The average molecular weight is 244 g/mol. The van der Waals surface area contributed by atoms with Crippen molar-refractivity contribution in [2.45, 2.75) is 0 Å². The Kier molecular flexibility index (Phi) is 3.28. The summed E-state index contributed by atoms with van der Waals surface area (Å²) in [5, 5.41) is 0. The quantitative estimate of drug-likeness (QED) is 0.814. The van der Waals surface area contributed by atoms with Crippen LogP contribution in [-0.4, -0.2) is 14.2 Å². The summed E-state index contributed by atoms with van der Waals surface area (Å²) in [6.45, 7) is 0. The highest BCUT2D eigenvalue weighted by Crippen LogP contribution is 2.33. The highest BCUT2D eigenvalue weighted by Gasteiger charge is 2.07. The van der Waals surface area contributed by atoms with Crippen molar-refractivity contribution in [1.82, 2.24) is 0 Å². The Morgan fingerprint density at radius 1 is 0.833 bits per heavy atom. The number of nitrogens with two attached hydrogens (primary N) is 2. The van der Waals surface area contributed by atoms with Crippen LogP contribution in [0.3, 0.4) is 0 Å². The van der Waals surface area contributed by atoms with E-state index in [1.165, 1.54) is 0 Å². The zero-order valence-corrected chi connectivity index (χ0v) is 10.4. The van der Waals surface area contributed by atoms with Crippen molar-refractivity contribution in [3.63, 3.8) is 0 Å². The van der Waals surface area contributed by atoms with Gasteiger partial charge in [-0.2, -0.15) is 0 Å². The van der Waals surface area contributed by atoms with Crippen LogP contribution < -0.4 is 20.9 Å². The second-order valence-corrected chi connectivity index (χ2v) is 3.95. The number of anilines is 2. The number of rotatable bonds is 3. The first-order valence-corrected chi connectivity index (χ1v) is 5.52. The van der Waals surface area contributed by atoms with Gasteiger partial charge < -0.3 is 20.9 Å². The molecule has 0 aliphatic rings. The third-order valence-corrected chi connectivity index (χ3v) is 2.74. The van der Waals surface area contributed by atoms with Gasteiger partial charge in [-0.15, -0.1) is 0 Å². The van der Waals surface area contributed by atoms with Crippen LogP contribution in [0.2, 0.25) is 0 Å². The van der Waals surface area contributed by atoms with E-state index in [2.05, 4.69) is 0 Å². The Labute approximate surface area is 106 Å². The van der Waals surface area contributed by atoms with Crippen molar-refractivity contribution in [2.24, 2.45) is 0 Å². The van der Waals surface area contributed by atoms with Crippen LogP contribution in [0.1, 0.15) is 0 Å². The topological polar surface area (TPSA) is 70.5 Å². The van der Waals surface area contributed by atoms with Gasteiger partial charge in [0.1, 0.15) is 11.5 Å². The molecule has 2 rings (SSSR count). The minimum Gasteiger partial charge on any atom is -0.497 e. The number of nitrogen functional groups attached to an aromatic ring is 2. The second kappa shape index (κ2) is 4.87. The molecule has 4 N–H and O–H groups in total. The summed E-state index contributed by atoms with van der Waals surface area (Å²) < 4.78 is 10.5. The van der Waals surface area contributed by atoms with Gasteiger partial charge in [-0.3, -0.25) is 0 Å². The Hall–Kier alpha value is -2.36. The molecule has 94 valence electrons. The van der Waals surface area contributed by atoms with Crippen LogP contribution in [0.25, 0.3) is 11.1 Å². The molecule has 0 spiro atoms. The summed E-state index contributed by atoms with van der Waals surface area (Å²) in [6.07, 6.45) is 0. The van der Waals surface area contributed by atoms with Gasteiger partial charge in [0.25, 0.3) is 0 Å². The molecule has 0 amide bonds. The first-order chi connectivity index (χ1) is 8.63. The van der Waals surface area contributed by atoms with E-state index in [9.17, 15) is 0 Å². The van der Waals surface area contributed by atoms with Gasteiger partial charge >= 0.3 is 0 Å². The largest absolute Gasteiger partial charge is 0.497 e. The lowest BCUT2D eigenvalue weighted by Crippen LogP contribution is -1.94. The maximum atomic E-state index is 5.97. The molecule has 0 bridgehead atoms. The summed E-state index contributed by atoms with van der Waals surface area (Å²) in [7, 11) is 3.23. The maximum Gasteiger partial charge on any atom is 0.123 e. The summed E-state index contributed by atoms with van der Waals surface area (Å²) in [6, 6.07) is 11.1. The fourth-order valence-electron chi connectivity index (χ4n) is 1.81. The molecule has 0 aliphatic carbocycles. The molecule has 0 aliphatic heterocycles. The standard InChI is InChI=1S/C14H16N2O2/c1-17-11-5-9(6-12(8-11)18-2)13-4-3-10(15)7-14(13)16/h3-8H,15-16H2,1-2H3. The smallest absolute Gasteiger partial charge is 0.123 e. The van der Waals surface area contributed by atoms with Gasteiger partial charge in [-0.1, -0.05) is 6.07 Å². The summed E-state index contributed by atoms with van der Waals surface area (Å²) in [4.78, 5) is 0. The van der Waals surface area contributed by atoms with E-state index in [1.54, 1.807) is 20.3 Å². The molecule has 2 aromatic carbocycles. The van der Waals surface area contributed by atoms with Gasteiger partial charge in [-0.05, 0) is 29.8 Å². The zero-order valence-electron chi connectivity index (χ0n) is 10.4. The molecule has 0 radical (unpaired) electrons. The van der Waals surface area contributed by atoms with E-state index in [4.69, 9.17) is 20.9 Å². The van der Waals surface area contributed by atoms with Crippen molar-refractivity contribution < 1.29 is 9.47 Å². The Bertz CT molecular complexity index is 545. The van der Waals surface area contributed by atoms with Gasteiger partial charge in [0.2, 0.25) is 0 Å². The molecule has 0 atom stereocenters. The van der Waals surface area contributed by atoms with E-state index in [0.717, 1.165) is 22.6 Å². The van der Waals surface area contributed by atoms with Gasteiger partial charge in [0.15, 0.2) is 0 Å². The van der Waals surface area contributed by atoms with Crippen LogP contribution >= 0.6 is 0 Å². The van der Waals surface area contributed by atoms with Crippen LogP contribution in [-0.2, 0) is 0 Å². The van der Waals surface area contributed by atoms with E-state index >= 15 is 0 Å². The first-order valence-electron chi connectivity index (χ1n) is 5.52. The lowest BCUT2D eigenvalue weighted by Gasteiger charge is -2.11. The third kappa shape index (κ3) is 2.32. The van der Waals surface area contributed by atoms with Crippen LogP contribution in [0.15, 0.2) is 36.4 Å². The fraction of sp³-hybridized carbons (Fsp3) is 0.143. The van der Waals surface area contributed by atoms with E-state index < -0.39 is 0 Å². The summed E-state index contributed by atoms with van der Waals surface area (Å²) >= 11 is 0. The van der Waals surface area contributed by atoms with Gasteiger partial charge in [-0.25, -0.2) is 0 Å². The summed E-state index contributed by atoms with van der Waals surface area (Å²) in [5.74, 6) is 1.45. The molecule has 0 heterocycles. The van der Waals surface area contributed by atoms with Crippen molar-refractivity contribution in [2.75, 3.05) is 25.7 Å². The highest BCUT2D eigenvalue weighted by molar-refractivity contribution is 5.80. The lowest BCUT2D eigenvalue weighted by atomic mass is 10.0. The van der Waals surface area contributed by atoms with Crippen molar-refractivity contribution in [1.29, 1.82) is 0 Å². The van der Waals surface area contributed by atoms with Crippen molar-refractivity contribution >= 4 is 11.4 Å². The molecular weight excluding hydrogens is 228 g/mol. The fourth-order valence-corrected chi connectivity index (χ4v) is 1.81. The van der Waals surface area contributed by atoms with Crippen LogP contribution in [0.5, 0.6) is 11.5 Å². The van der Waals surface area contributed by atoms with Gasteiger partial charge in [0.05, 0.1) is 14.2 Å². The number of hydrogen-bond acceptors (Lipinski definition) is 4. The maximum absolute atomic E-state index is 5.97. The Morgan fingerprint density at radius 2 is 1.44 bits per heavy atom. The van der Waals surface area contributed by atoms with Gasteiger partial charge in [0, 0.05) is 23.0 Å². The number of hydrogen-bond donors (Lipinski definition) is 2. The minimum absolute atomic E-state index is 0.630. The number of benzene rings is 2. The zero-order chi connectivity index (χ0) is 13.1. The Morgan fingerprint density at radius 3 is 1.94 bits per heavy atom. The van der Waals surface area contributed by atoms with Crippen LogP contribution in [0.4, 0.5) is 11.4 Å². The molecule has 4 nitrogen and oxygen atoms in total. The van der Waals surface area contributed by atoms with E-state index in [1.807, 2.05) is 30.3 Å². The molecule has 0 saturated carbocycles. The third-order valence-electron chi connectivity index (χ3n) is 2.74. The highest BCUT2D eigenvalue weighted by atomic mass is 16.5. The summed E-state index contributed by atoms with van der Waals surface area (Å²) in [5.41, 5.74) is 14.8. The predicted molar refractivity (Wildman–Crippen MR) is 73.8 cm³/mol. The van der Waals surface area contributed by atoms with E-state index in [0.29, 0.717) is 11.4 Å². The molecule has 2 aromatic rings. The van der Waals surface area contributed by atoms with Crippen molar-refractivity contribution in [3.8, 4) is 22.6 Å². The second-order valence-electron chi connectivity index (χ2n) is 3.95. The van der Waals surface area contributed by atoms with E-state index in [-0.39, 0.29) is 0 Å². The predicted octanol–water partition coefficient (Wildman–Crippen LogP) is 2.54. The lowest BCUT2D eigenvalue weighted by molar-refractivity contribution is 0.394. The average Bonchev–Trinajstić information content (AvgIpc) is 2.38. The normalized spacial score (nSPS) is 10.1. The number of methoxy groups -OCH3 is 2. The first kappa shape index (κ1) is 12.1. The Balaban J connectivity index is 2.55. The molecular formula is C14H16N2O2. The molecule has 0 saturated heterocycles. The molecule has 18 heavy (non-hydrogen) atoms. The monoisotopic (exact) mass is 244 g/mol. The number of ether oxygens (including phenoxy) is 2. The minimum atomic E-state index is 0.630.